The first-order valence-corrected chi connectivity index (χ1v) is 7.10. The van der Waals surface area contributed by atoms with Crippen LogP contribution in [0.15, 0.2) is 30.3 Å². The lowest BCUT2D eigenvalue weighted by Gasteiger charge is -2.23. The molecule has 20 heavy (non-hydrogen) atoms. The van der Waals surface area contributed by atoms with E-state index in [4.69, 9.17) is 0 Å². The van der Waals surface area contributed by atoms with Crippen LogP contribution in [0.25, 0.3) is 0 Å². The third kappa shape index (κ3) is 2.59. The Hall–Kier alpha value is -1.72. The normalized spacial score (nSPS) is 23.3. The second-order valence-corrected chi connectivity index (χ2v) is 5.41. The number of β-amino-alcohol motifs (C(OH)–C–C–N with tert-alkyl or cyclic N) is 1. The van der Waals surface area contributed by atoms with Gasteiger partial charge in [-0.2, -0.15) is 5.10 Å². The molecule has 2 aromatic rings. The molecule has 0 amide bonds. The summed E-state index contributed by atoms with van der Waals surface area (Å²) in [5.74, 6) is 1.72. The first kappa shape index (κ1) is 13.3. The molecule has 1 fully saturated rings. The van der Waals surface area contributed by atoms with Crippen LogP contribution in [0.1, 0.15) is 30.6 Å². The molecule has 5 nitrogen and oxygen atoms in total. The molecular weight excluding hydrogens is 252 g/mol. The van der Waals surface area contributed by atoms with Gasteiger partial charge >= 0.3 is 0 Å². The number of aryl methyl sites for hydroxylation is 1. The Balaban J connectivity index is 1.67. The Morgan fingerprint density at radius 3 is 2.85 bits per heavy atom. The van der Waals surface area contributed by atoms with Gasteiger partial charge in [-0.25, -0.2) is 4.98 Å². The maximum absolute atomic E-state index is 10.8. The molecule has 1 aromatic heterocycles. The molecule has 1 saturated heterocycles. The number of nitrogens with zero attached hydrogens (tertiary/aromatic N) is 3. The maximum atomic E-state index is 10.8. The number of aromatic nitrogens is 3. The molecule has 1 aromatic carbocycles. The van der Waals surface area contributed by atoms with Gasteiger partial charge in [-0.3, -0.25) is 10.00 Å². The number of H-pyrrole nitrogens is 1. The summed E-state index contributed by atoms with van der Waals surface area (Å²) in [6.45, 7) is 4.26. The predicted molar refractivity (Wildman–Crippen MR) is 76.0 cm³/mol. The molecule has 2 N–H and O–H groups in total. The quantitative estimate of drug-likeness (QED) is 0.884. The van der Waals surface area contributed by atoms with Gasteiger partial charge < -0.3 is 5.11 Å². The molecular formula is C15H20N4O. The number of aromatic amines is 1. The van der Waals surface area contributed by atoms with Crippen LogP contribution in [0, 0.1) is 0 Å². The molecule has 106 valence electrons. The van der Waals surface area contributed by atoms with Crippen LogP contribution in [-0.4, -0.2) is 38.3 Å². The first-order chi connectivity index (χ1) is 9.69. The Morgan fingerprint density at radius 2 is 2.15 bits per heavy atom. The van der Waals surface area contributed by atoms with Crippen molar-refractivity contribution < 1.29 is 5.11 Å². The van der Waals surface area contributed by atoms with Crippen LogP contribution in [0.3, 0.4) is 0 Å². The molecule has 1 atom stereocenters. The minimum absolute atomic E-state index is 0.638. The van der Waals surface area contributed by atoms with Gasteiger partial charge in [-0.15, -0.1) is 0 Å². The van der Waals surface area contributed by atoms with Gasteiger partial charge in [0.15, 0.2) is 0 Å². The molecule has 1 aliphatic rings. The predicted octanol–water partition coefficient (Wildman–Crippen LogP) is 1.46. The number of aliphatic hydroxyl groups is 1. The molecule has 0 unspecified atom stereocenters. The van der Waals surface area contributed by atoms with E-state index in [2.05, 4.69) is 20.1 Å². The minimum atomic E-state index is -0.741. The highest BCUT2D eigenvalue weighted by Gasteiger charge is 2.37. The highest BCUT2D eigenvalue weighted by Crippen LogP contribution is 2.32. The van der Waals surface area contributed by atoms with Crippen molar-refractivity contribution in [2.75, 3.05) is 13.1 Å². The number of hydrogen-bond acceptors (Lipinski definition) is 4. The molecule has 0 bridgehead atoms. The van der Waals surface area contributed by atoms with Gasteiger partial charge in [-0.1, -0.05) is 37.3 Å². The van der Waals surface area contributed by atoms with Gasteiger partial charge in [0, 0.05) is 19.5 Å². The lowest BCUT2D eigenvalue weighted by molar-refractivity contribution is 0.0450. The van der Waals surface area contributed by atoms with Crippen molar-refractivity contribution in [1.82, 2.24) is 20.1 Å². The SMILES string of the molecule is CCc1n[nH]c(CN2CC[C@](O)(c3ccccc3)C2)n1. The number of hydrogen-bond donors (Lipinski definition) is 2. The summed E-state index contributed by atoms with van der Waals surface area (Å²) in [6.07, 6.45) is 1.59. The second kappa shape index (κ2) is 5.34. The van der Waals surface area contributed by atoms with Crippen molar-refractivity contribution in [1.29, 1.82) is 0 Å². The first-order valence-electron chi connectivity index (χ1n) is 7.10. The van der Waals surface area contributed by atoms with Gasteiger partial charge in [0.05, 0.1) is 6.54 Å². The van der Waals surface area contributed by atoms with E-state index in [0.29, 0.717) is 13.1 Å². The van der Waals surface area contributed by atoms with Crippen LogP contribution in [0.5, 0.6) is 0 Å². The van der Waals surface area contributed by atoms with Crippen LogP contribution >= 0.6 is 0 Å². The van der Waals surface area contributed by atoms with Crippen molar-refractivity contribution in [2.24, 2.45) is 0 Å². The van der Waals surface area contributed by atoms with Crippen LogP contribution in [0.2, 0.25) is 0 Å². The van der Waals surface area contributed by atoms with E-state index in [1.807, 2.05) is 37.3 Å². The largest absolute Gasteiger partial charge is 0.384 e. The molecule has 1 aliphatic heterocycles. The zero-order chi connectivity index (χ0) is 14.0. The van der Waals surface area contributed by atoms with Crippen molar-refractivity contribution >= 4 is 0 Å². The number of benzene rings is 1. The fraction of sp³-hybridized carbons (Fsp3) is 0.467. The Morgan fingerprint density at radius 1 is 1.35 bits per heavy atom. The van der Waals surface area contributed by atoms with E-state index in [0.717, 1.165) is 36.6 Å². The van der Waals surface area contributed by atoms with Crippen molar-refractivity contribution in [3.05, 3.63) is 47.5 Å². The highest BCUT2D eigenvalue weighted by atomic mass is 16.3. The summed E-state index contributed by atoms with van der Waals surface area (Å²) in [7, 11) is 0. The summed E-state index contributed by atoms with van der Waals surface area (Å²) in [6, 6.07) is 9.90. The zero-order valence-electron chi connectivity index (χ0n) is 11.7. The van der Waals surface area contributed by atoms with E-state index in [1.54, 1.807) is 0 Å². The van der Waals surface area contributed by atoms with E-state index in [1.165, 1.54) is 0 Å². The number of nitrogens with one attached hydrogen (secondary N) is 1. The standard InChI is InChI=1S/C15H20N4O/c1-2-13-16-14(18-17-13)10-19-9-8-15(20,11-19)12-6-4-3-5-7-12/h3-7,20H,2,8-11H2,1H3,(H,16,17,18)/t15-/m1/s1. The zero-order valence-corrected chi connectivity index (χ0v) is 11.7. The van der Waals surface area contributed by atoms with Crippen molar-refractivity contribution in [3.63, 3.8) is 0 Å². The third-order valence-electron chi connectivity index (χ3n) is 3.91. The summed E-state index contributed by atoms with van der Waals surface area (Å²) < 4.78 is 0. The average Bonchev–Trinajstić information content (AvgIpc) is 3.08. The Kier molecular flexibility index (Phi) is 3.54. The van der Waals surface area contributed by atoms with Gasteiger partial charge in [0.2, 0.25) is 0 Å². The molecule has 0 spiro atoms. The number of rotatable bonds is 4. The second-order valence-electron chi connectivity index (χ2n) is 5.41. The molecule has 0 aliphatic carbocycles. The molecule has 5 heteroatoms. The van der Waals surface area contributed by atoms with Crippen molar-refractivity contribution in [2.45, 2.75) is 31.9 Å². The maximum Gasteiger partial charge on any atom is 0.150 e. The lowest BCUT2D eigenvalue weighted by Crippen LogP contribution is -2.30. The fourth-order valence-electron chi connectivity index (χ4n) is 2.77. The monoisotopic (exact) mass is 272 g/mol. The Labute approximate surface area is 118 Å². The molecule has 0 radical (unpaired) electrons. The highest BCUT2D eigenvalue weighted by molar-refractivity contribution is 5.24. The van der Waals surface area contributed by atoms with Crippen LogP contribution in [-0.2, 0) is 18.6 Å². The smallest absolute Gasteiger partial charge is 0.150 e. The third-order valence-corrected chi connectivity index (χ3v) is 3.91. The molecule has 3 rings (SSSR count). The topological polar surface area (TPSA) is 65.0 Å². The van der Waals surface area contributed by atoms with Crippen molar-refractivity contribution in [3.8, 4) is 0 Å². The van der Waals surface area contributed by atoms with Gasteiger partial charge in [0.1, 0.15) is 17.2 Å². The minimum Gasteiger partial charge on any atom is -0.384 e. The Bertz CT molecular complexity index is 568. The molecule has 2 heterocycles. The molecule has 0 saturated carbocycles. The number of likely N-dealkylation sites (tertiary alicyclic amines) is 1. The summed E-state index contributed by atoms with van der Waals surface area (Å²) in [5, 5.41) is 17.9. The van der Waals surface area contributed by atoms with E-state index < -0.39 is 5.60 Å². The summed E-state index contributed by atoms with van der Waals surface area (Å²) >= 11 is 0. The van der Waals surface area contributed by atoms with Crippen LogP contribution < -0.4 is 0 Å². The van der Waals surface area contributed by atoms with E-state index >= 15 is 0 Å². The average molecular weight is 272 g/mol. The van der Waals surface area contributed by atoms with E-state index in [-0.39, 0.29) is 0 Å². The van der Waals surface area contributed by atoms with Gasteiger partial charge in [0.25, 0.3) is 0 Å². The summed E-state index contributed by atoms with van der Waals surface area (Å²) in [4.78, 5) is 6.64. The summed E-state index contributed by atoms with van der Waals surface area (Å²) in [5.41, 5.74) is 0.254. The van der Waals surface area contributed by atoms with Crippen LogP contribution in [0.4, 0.5) is 0 Å². The van der Waals surface area contributed by atoms with Gasteiger partial charge in [-0.05, 0) is 12.0 Å². The van der Waals surface area contributed by atoms with E-state index in [9.17, 15) is 5.11 Å². The fourth-order valence-corrected chi connectivity index (χ4v) is 2.77. The lowest BCUT2D eigenvalue weighted by atomic mass is 9.93.